The van der Waals surface area contributed by atoms with Gasteiger partial charge in [-0.05, 0) is 80.3 Å². The van der Waals surface area contributed by atoms with E-state index in [4.69, 9.17) is 11.6 Å². The maximum absolute atomic E-state index is 6.27. The number of rotatable bonds is 7. The van der Waals surface area contributed by atoms with Gasteiger partial charge in [-0.1, -0.05) is 29.4 Å². The Morgan fingerprint density at radius 3 is 2.72 bits per heavy atom. The molecule has 6 nitrogen and oxygen atoms in total. The van der Waals surface area contributed by atoms with Gasteiger partial charge in [0.25, 0.3) is 0 Å². The molecule has 0 fully saturated rings. The summed E-state index contributed by atoms with van der Waals surface area (Å²) in [7, 11) is 4.23. The molecule has 0 saturated carbocycles. The SMILES string of the molecule is CCn1nnnc1Cc1ccc2c(c1)N(CCCN(C)C)c1ccc(Cl)cc1S2. The van der Waals surface area contributed by atoms with Crippen molar-refractivity contribution in [1.29, 1.82) is 0 Å². The highest BCUT2D eigenvalue weighted by Crippen LogP contribution is 2.49. The molecule has 3 aromatic rings. The predicted octanol–water partition coefficient (Wildman–Crippen LogP) is 4.49. The molecule has 2 heterocycles. The van der Waals surface area contributed by atoms with Crippen LogP contribution in [-0.4, -0.2) is 52.3 Å². The summed E-state index contributed by atoms with van der Waals surface area (Å²) < 4.78 is 1.85. The first-order valence-corrected chi connectivity index (χ1v) is 11.0. The van der Waals surface area contributed by atoms with E-state index in [0.29, 0.717) is 0 Å². The number of benzene rings is 2. The van der Waals surface area contributed by atoms with Crippen molar-refractivity contribution in [2.45, 2.75) is 36.1 Å². The van der Waals surface area contributed by atoms with Gasteiger partial charge in [-0.3, -0.25) is 0 Å². The van der Waals surface area contributed by atoms with Crippen LogP contribution in [0, 0.1) is 0 Å². The van der Waals surface area contributed by atoms with Gasteiger partial charge in [-0.15, -0.1) is 5.10 Å². The van der Waals surface area contributed by atoms with Crippen LogP contribution in [0.15, 0.2) is 46.2 Å². The number of aromatic nitrogens is 4. The van der Waals surface area contributed by atoms with E-state index >= 15 is 0 Å². The topological polar surface area (TPSA) is 50.1 Å². The van der Waals surface area contributed by atoms with E-state index in [2.05, 4.69) is 76.7 Å². The van der Waals surface area contributed by atoms with Crippen LogP contribution < -0.4 is 4.90 Å². The second kappa shape index (κ2) is 8.73. The summed E-state index contributed by atoms with van der Waals surface area (Å²) in [6.07, 6.45) is 1.80. The standard InChI is InChI=1S/C21H25ClN6S/c1-4-28-21(23-24-25-28)13-15-6-9-19-18(12-15)27(11-5-10-26(2)3)17-8-7-16(22)14-20(17)29-19/h6-9,12,14H,4-5,10-11,13H2,1-3H3. The Bertz CT molecular complexity index is 1000. The van der Waals surface area contributed by atoms with Gasteiger partial charge in [-0.2, -0.15) is 0 Å². The Morgan fingerprint density at radius 1 is 1.07 bits per heavy atom. The number of anilines is 2. The summed E-state index contributed by atoms with van der Waals surface area (Å²) in [4.78, 5) is 7.11. The summed E-state index contributed by atoms with van der Waals surface area (Å²) in [5, 5.41) is 12.8. The average Bonchev–Trinajstić information content (AvgIpc) is 3.14. The molecule has 0 spiro atoms. The molecule has 8 heteroatoms. The van der Waals surface area contributed by atoms with E-state index in [1.165, 1.54) is 26.7 Å². The van der Waals surface area contributed by atoms with Crippen LogP contribution in [-0.2, 0) is 13.0 Å². The molecule has 0 aliphatic carbocycles. The van der Waals surface area contributed by atoms with E-state index in [9.17, 15) is 0 Å². The van der Waals surface area contributed by atoms with Crippen molar-refractivity contribution in [2.75, 3.05) is 32.1 Å². The van der Waals surface area contributed by atoms with Crippen molar-refractivity contribution in [3.63, 3.8) is 0 Å². The lowest BCUT2D eigenvalue weighted by Crippen LogP contribution is -2.25. The number of hydrogen-bond acceptors (Lipinski definition) is 6. The van der Waals surface area contributed by atoms with Crippen LogP contribution in [0.1, 0.15) is 24.7 Å². The molecule has 2 aromatic carbocycles. The van der Waals surface area contributed by atoms with Crippen molar-refractivity contribution in [3.8, 4) is 0 Å². The first-order chi connectivity index (χ1) is 14.0. The molecular weight excluding hydrogens is 404 g/mol. The second-order valence-electron chi connectivity index (χ2n) is 7.41. The summed E-state index contributed by atoms with van der Waals surface area (Å²) in [6.45, 7) is 4.83. The highest BCUT2D eigenvalue weighted by Gasteiger charge is 2.24. The van der Waals surface area contributed by atoms with Crippen LogP contribution in [0.5, 0.6) is 0 Å². The van der Waals surface area contributed by atoms with Crippen molar-refractivity contribution >= 4 is 34.7 Å². The molecule has 0 saturated heterocycles. The Hall–Kier alpha value is -2.09. The average molecular weight is 429 g/mol. The number of fused-ring (bicyclic) bond motifs is 2. The van der Waals surface area contributed by atoms with E-state index in [-0.39, 0.29) is 0 Å². The molecule has 0 unspecified atom stereocenters. The highest BCUT2D eigenvalue weighted by atomic mass is 35.5. The molecule has 0 atom stereocenters. The summed E-state index contributed by atoms with van der Waals surface area (Å²) in [5.41, 5.74) is 3.68. The van der Waals surface area contributed by atoms with E-state index in [0.717, 1.165) is 43.3 Å². The van der Waals surface area contributed by atoms with E-state index in [1.807, 2.05) is 10.7 Å². The normalized spacial score (nSPS) is 12.9. The number of tetrazole rings is 1. The third-order valence-electron chi connectivity index (χ3n) is 5.00. The monoisotopic (exact) mass is 428 g/mol. The lowest BCUT2D eigenvalue weighted by Gasteiger charge is -2.33. The predicted molar refractivity (Wildman–Crippen MR) is 118 cm³/mol. The molecule has 29 heavy (non-hydrogen) atoms. The van der Waals surface area contributed by atoms with Crippen LogP contribution in [0.2, 0.25) is 5.02 Å². The molecule has 0 amide bonds. The second-order valence-corrected chi connectivity index (χ2v) is 8.93. The fourth-order valence-corrected chi connectivity index (χ4v) is 4.93. The fourth-order valence-electron chi connectivity index (χ4n) is 3.58. The fraction of sp³-hybridized carbons (Fsp3) is 0.381. The van der Waals surface area contributed by atoms with Crippen molar-refractivity contribution in [2.24, 2.45) is 0 Å². The smallest absolute Gasteiger partial charge is 0.155 e. The molecule has 1 aliphatic heterocycles. The minimum Gasteiger partial charge on any atom is -0.340 e. The maximum atomic E-state index is 6.27. The van der Waals surface area contributed by atoms with Gasteiger partial charge in [0.05, 0.1) is 11.4 Å². The van der Waals surface area contributed by atoms with Gasteiger partial charge < -0.3 is 9.80 Å². The molecule has 0 radical (unpaired) electrons. The van der Waals surface area contributed by atoms with Crippen LogP contribution in [0.25, 0.3) is 0 Å². The summed E-state index contributed by atoms with van der Waals surface area (Å²) in [6, 6.07) is 12.8. The van der Waals surface area contributed by atoms with Gasteiger partial charge in [0, 0.05) is 34.3 Å². The Kier molecular flexibility index (Phi) is 6.08. The van der Waals surface area contributed by atoms with Crippen molar-refractivity contribution in [3.05, 3.63) is 52.8 Å². The number of nitrogens with zero attached hydrogens (tertiary/aromatic N) is 6. The Balaban J connectivity index is 1.67. The Labute approximate surface area is 180 Å². The minimum atomic E-state index is 0.720. The summed E-state index contributed by atoms with van der Waals surface area (Å²) in [5.74, 6) is 0.891. The molecule has 0 N–H and O–H groups in total. The van der Waals surface area contributed by atoms with Crippen LogP contribution in [0.3, 0.4) is 0 Å². The molecule has 0 bridgehead atoms. The van der Waals surface area contributed by atoms with Gasteiger partial charge >= 0.3 is 0 Å². The summed E-state index contributed by atoms with van der Waals surface area (Å²) >= 11 is 8.05. The third kappa shape index (κ3) is 4.42. The molecule has 1 aliphatic rings. The van der Waals surface area contributed by atoms with E-state index in [1.54, 1.807) is 11.8 Å². The van der Waals surface area contributed by atoms with Crippen LogP contribution in [0.4, 0.5) is 11.4 Å². The van der Waals surface area contributed by atoms with E-state index < -0.39 is 0 Å². The van der Waals surface area contributed by atoms with Gasteiger partial charge in [0.1, 0.15) is 0 Å². The van der Waals surface area contributed by atoms with Crippen LogP contribution >= 0.6 is 23.4 Å². The zero-order valence-electron chi connectivity index (χ0n) is 17.0. The number of halogens is 1. The largest absolute Gasteiger partial charge is 0.340 e. The maximum Gasteiger partial charge on any atom is 0.155 e. The molecule has 152 valence electrons. The third-order valence-corrected chi connectivity index (χ3v) is 6.35. The highest BCUT2D eigenvalue weighted by molar-refractivity contribution is 7.99. The zero-order valence-corrected chi connectivity index (χ0v) is 18.5. The molecular formula is C21H25ClN6S. The van der Waals surface area contributed by atoms with Crippen molar-refractivity contribution < 1.29 is 0 Å². The minimum absolute atomic E-state index is 0.720. The zero-order chi connectivity index (χ0) is 20.4. The first kappa shape index (κ1) is 20.2. The lowest BCUT2D eigenvalue weighted by molar-refractivity contribution is 0.402. The Morgan fingerprint density at radius 2 is 1.93 bits per heavy atom. The molecule has 4 rings (SSSR count). The van der Waals surface area contributed by atoms with Gasteiger partial charge in [-0.25, -0.2) is 4.68 Å². The first-order valence-electron chi connectivity index (χ1n) is 9.83. The quantitative estimate of drug-likeness (QED) is 0.552. The van der Waals surface area contributed by atoms with Gasteiger partial charge in [0.15, 0.2) is 5.82 Å². The molecule has 1 aromatic heterocycles. The number of aryl methyl sites for hydroxylation is 1. The van der Waals surface area contributed by atoms with Gasteiger partial charge in [0.2, 0.25) is 0 Å². The number of hydrogen-bond donors (Lipinski definition) is 0. The lowest BCUT2D eigenvalue weighted by atomic mass is 10.1. The van der Waals surface area contributed by atoms with Crippen molar-refractivity contribution in [1.82, 2.24) is 25.1 Å².